The molecule has 1 N–H and O–H groups in total. The zero-order valence-corrected chi connectivity index (χ0v) is 9.31. The number of hydrogen-bond donors (Lipinski definition) is 1. The first-order chi connectivity index (χ1) is 7.18. The van der Waals surface area contributed by atoms with Gasteiger partial charge >= 0.3 is 0 Å². The first kappa shape index (κ1) is 10.7. The van der Waals surface area contributed by atoms with Crippen molar-refractivity contribution >= 4 is 29.1 Å². The third-order valence-electron chi connectivity index (χ3n) is 2.22. The quantitative estimate of drug-likeness (QED) is 0.824. The maximum atomic E-state index is 10.9. The van der Waals surface area contributed by atoms with E-state index in [4.69, 9.17) is 27.9 Å². The van der Waals surface area contributed by atoms with Gasteiger partial charge in [-0.15, -0.1) is 0 Å². The van der Waals surface area contributed by atoms with Crippen LogP contribution in [0.15, 0.2) is 18.2 Å². The lowest BCUT2D eigenvalue weighted by molar-refractivity contribution is -0.133. The molecule has 80 valence electrons. The van der Waals surface area contributed by atoms with E-state index in [0.29, 0.717) is 16.6 Å². The van der Waals surface area contributed by atoms with Crippen LogP contribution in [0, 0.1) is 0 Å². The summed E-state index contributed by atoms with van der Waals surface area (Å²) in [6, 6.07) is 5.28. The maximum absolute atomic E-state index is 10.9. The van der Waals surface area contributed by atoms with E-state index < -0.39 is 0 Å². The van der Waals surface area contributed by atoms with E-state index in [-0.39, 0.29) is 18.6 Å². The SMILES string of the molecule is O=C1CO[C@@H](c2c(Cl)cccc2Cl)CN1. The number of amides is 1. The molecular formula is C10H9Cl2NO2. The molecule has 5 heteroatoms. The molecule has 1 fully saturated rings. The molecule has 1 aromatic rings. The molecule has 1 aromatic carbocycles. The summed E-state index contributed by atoms with van der Waals surface area (Å²) >= 11 is 12.0. The molecule has 1 amide bonds. The Morgan fingerprint density at radius 1 is 1.33 bits per heavy atom. The highest BCUT2D eigenvalue weighted by atomic mass is 35.5. The molecule has 2 rings (SSSR count). The predicted octanol–water partition coefficient (Wildman–Crippen LogP) is 2.18. The van der Waals surface area contributed by atoms with Crippen LogP contribution in [-0.4, -0.2) is 19.1 Å². The van der Waals surface area contributed by atoms with Gasteiger partial charge in [-0.25, -0.2) is 0 Å². The second-order valence-electron chi connectivity index (χ2n) is 3.24. The smallest absolute Gasteiger partial charge is 0.246 e. The minimum absolute atomic E-state index is 0.0478. The normalized spacial score (nSPS) is 21.2. The standard InChI is InChI=1S/C10H9Cl2NO2/c11-6-2-1-3-7(12)10(6)8-4-13-9(14)5-15-8/h1-3,8H,4-5H2,(H,13,14)/t8-/m1/s1. The zero-order valence-electron chi connectivity index (χ0n) is 7.80. The first-order valence-corrected chi connectivity index (χ1v) is 5.26. The summed E-state index contributed by atoms with van der Waals surface area (Å²) in [4.78, 5) is 10.9. The van der Waals surface area contributed by atoms with Crippen LogP contribution in [0.1, 0.15) is 11.7 Å². The van der Waals surface area contributed by atoms with Gasteiger partial charge < -0.3 is 10.1 Å². The summed E-state index contributed by atoms with van der Waals surface area (Å²) in [6.07, 6.45) is -0.260. The number of ether oxygens (including phenoxy) is 1. The van der Waals surface area contributed by atoms with Gasteiger partial charge in [0, 0.05) is 22.2 Å². The molecule has 1 aliphatic heterocycles. The Hall–Kier alpha value is -0.770. The Kier molecular flexibility index (Phi) is 3.14. The molecule has 0 spiro atoms. The monoisotopic (exact) mass is 245 g/mol. The van der Waals surface area contributed by atoms with Gasteiger partial charge in [0.05, 0.1) is 0 Å². The van der Waals surface area contributed by atoms with Crippen LogP contribution in [0.5, 0.6) is 0 Å². The lowest BCUT2D eigenvalue weighted by Crippen LogP contribution is -2.38. The molecule has 1 saturated heterocycles. The van der Waals surface area contributed by atoms with Crippen molar-refractivity contribution in [2.45, 2.75) is 6.10 Å². The number of rotatable bonds is 1. The van der Waals surface area contributed by atoms with E-state index in [1.807, 2.05) is 0 Å². The number of halogens is 2. The van der Waals surface area contributed by atoms with E-state index in [0.717, 1.165) is 5.56 Å². The van der Waals surface area contributed by atoms with E-state index in [1.54, 1.807) is 18.2 Å². The van der Waals surface area contributed by atoms with Gasteiger partial charge in [0.15, 0.2) is 0 Å². The molecule has 0 unspecified atom stereocenters. The van der Waals surface area contributed by atoms with Crippen LogP contribution in [0.3, 0.4) is 0 Å². The van der Waals surface area contributed by atoms with Gasteiger partial charge in [0.25, 0.3) is 0 Å². The largest absolute Gasteiger partial charge is 0.362 e. The highest BCUT2D eigenvalue weighted by molar-refractivity contribution is 6.36. The fourth-order valence-electron chi connectivity index (χ4n) is 1.50. The molecule has 15 heavy (non-hydrogen) atoms. The average molecular weight is 246 g/mol. The summed E-state index contributed by atoms with van der Waals surface area (Å²) in [6.45, 7) is 0.453. The molecule has 1 atom stereocenters. The van der Waals surface area contributed by atoms with E-state index >= 15 is 0 Å². The van der Waals surface area contributed by atoms with Gasteiger partial charge in [0.2, 0.25) is 5.91 Å². The number of nitrogens with one attached hydrogen (secondary N) is 1. The van der Waals surface area contributed by atoms with Crippen molar-refractivity contribution in [2.75, 3.05) is 13.2 Å². The first-order valence-electron chi connectivity index (χ1n) is 4.50. The highest BCUT2D eigenvalue weighted by Gasteiger charge is 2.23. The van der Waals surface area contributed by atoms with Crippen LogP contribution in [-0.2, 0) is 9.53 Å². The second kappa shape index (κ2) is 4.39. The van der Waals surface area contributed by atoms with Crippen LogP contribution in [0.2, 0.25) is 10.0 Å². The summed E-state index contributed by atoms with van der Waals surface area (Å²) in [5.41, 5.74) is 0.737. The van der Waals surface area contributed by atoms with Crippen molar-refractivity contribution in [1.29, 1.82) is 0 Å². The summed E-state index contributed by atoms with van der Waals surface area (Å²) in [5, 5.41) is 3.82. The lowest BCUT2D eigenvalue weighted by Gasteiger charge is -2.24. The van der Waals surface area contributed by atoms with Crippen molar-refractivity contribution in [3.63, 3.8) is 0 Å². The molecule has 0 bridgehead atoms. The predicted molar refractivity (Wildman–Crippen MR) is 58.2 cm³/mol. The Balaban J connectivity index is 2.26. The minimum atomic E-state index is -0.260. The third kappa shape index (κ3) is 2.25. The Bertz CT molecular complexity index is 365. The van der Waals surface area contributed by atoms with Crippen molar-refractivity contribution in [2.24, 2.45) is 0 Å². The Morgan fingerprint density at radius 3 is 2.53 bits per heavy atom. The molecule has 0 saturated carbocycles. The topological polar surface area (TPSA) is 38.3 Å². The Morgan fingerprint density at radius 2 is 2.00 bits per heavy atom. The zero-order chi connectivity index (χ0) is 10.8. The lowest BCUT2D eigenvalue weighted by atomic mass is 10.1. The number of morpholine rings is 1. The van der Waals surface area contributed by atoms with Gasteiger partial charge in [0.1, 0.15) is 12.7 Å². The van der Waals surface area contributed by atoms with Crippen molar-refractivity contribution < 1.29 is 9.53 Å². The van der Waals surface area contributed by atoms with Crippen LogP contribution < -0.4 is 5.32 Å². The number of benzene rings is 1. The molecule has 0 radical (unpaired) electrons. The van der Waals surface area contributed by atoms with Gasteiger partial charge in [-0.2, -0.15) is 0 Å². The summed E-state index contributed by atoms with van der Waals surface area (Å²) in [5.74, 6) is -0.116. The Labute approximate surface area is 97.3 Å². The van der Waals surface area contributed by atoms with Crippen molar-refractivity contribution in [3.8, 4) is 0 Å². The summed E-state index contributed by atoms with van der Waals surface area (Å²) in [7, 11) is 0. The van der Waals surface area contributed by atoms with Crippen molar-refractivity contribution in [3.05, 3.63) is 33.8 Å². The number of carbonyl (C=O) groups excluding carboxylic acids is 1. The highest BCUT2D eigenvalue weighted by Crippen LogP contribution is 2.32. The van der Waals surface area contributed by atoms with E-state index in [9.17, 15) is 4.79 Å². The fourth-order valence-corrected chi connectivity index (χ4v) is 2.14. The molecule has 0 aliphatic carbocycles. The van der Waals surface area contributed by atoms with Gasteiger partial charge in [-0.05, 0) is 12.1 Å². The molecule has 0 aromatic heterocycles. The molecule has 1 heterocycles. The third-order valence-corrected chi connectivity index (χ3v) is 2.88. The van der Waals surface area contributed by atoms with Gasteiger partial charge in [-0.3, -0.25) is 4.79 Å². The van der Waals surface area contributed by atoms with Crippen molar-refractivity contribution in [1.82, 2.24) is 5.32 Å². The maximum Gasteiger partial charge on any atom is 0.246 e. The van der Waals surface area contributed by atoms with Crippen LogP contribution >= 0.6 is 23.2 Å². The summed E-state index contributed by atoms with van der Waals surface area (Å²) < 4.78 is 5.36. The number of carbonyl (C=O) groups is 1. The molecule has 1 aliphatic rings. The van der Waals surface area contributed by atoms with Crippen LogP contribution in [0.4, 0.5) is 0 Å². The average Bonchev–Trinajstić information content (AvgIpc) is 2.20. The van der Waals surface area contributed by atoms with Gasteiger partial charge in [-0.1, -0.05) is 29.3 Å². The number of hydrogen-bond acceptors (Lipinski definition) is 2. The minimum Gasteiger partial charge on any atom is -0.362 e. The fraction of sp³-hybridized carbons (Fsp3) is 0.300. The molecule has 3 nitrogen and oxygen atoms in total. The van der Waals surface area contributed by atoms with E-state index in [2.05, 4.69) is 5.32 Å². The second-order valence-corrected chi connectivity index (χ2v) is 4.05. The van der Waals surface area contributed by atoms with E-state index in [1.165, 1.54) is 0 Å². The van der Waals surface area contributed by atoms with Crippen LogP contribution in [0.25, 0.3) is 0 Å². The molecular weight excluding hydrogens is 237 g/mol.